The second-order valence-electron chi connectivity index (χ2n) is 5.01. The lowest BCUT2D eigenvalue weighted by Crippen LogP contribution is -2.36. The van der Waals surface area contributed by atoms with E-state index in [0.29, 0.717) is 12.0 Å². The van der Waals surface area contributed by atoms with Gasteiger partial charge in [-0.2, -0.15) is 11.8 Å². The van der Waals surface area contributed by atoms with Crippen molar-refractivity contribution in [3.05, 3.63) is 32.6 Å². The van der Waals surface area contributed by atoms with Gasteiger partial charge >= 0.3 is 5.69 Å². The lowest BCUT2D eigenvalue weighted by molar-refractivity contribution is -0.0741. The first-order chi connectivity index (χ1) is 9.97. The van der Waals surface area contributed by atoms with E-state index in [9.17, 15) is 14.7 Å². The SMILES string of the molecule is CCSC1CC(n2cc(C)c(=O)[nH]c2=O)O[C@@H]1C(O)CO. The third-order valence-electron chi connectivity index (χ3n) is 3.52. The number of aromatic nitrogens is 2. The Bertz CT molecular complexity index is 599. The number of ether oxygens (including phenoxy) is 1. The van der Waals surface area contributed by atoms with Crippen LogP contribution in [0.1, 0.15) is 25.1 Å². The highest BCUT2D eigenvalue weighted by molar-refractivity contribution is 7.99. The largest absolute Gasteiger partial charge is 0.394 e. The molecule has 2 rings (SSSR count). The van der Waals surface area contributed by atoms with Gasteiger partial charge in [-0.25, -0.2) is 4.79 Å². The van der Waals surface area contributed by atoms with Gasteiger partial charge in [0.25, 0.3) is 5.56 Å². The number of H-pyrrole nitrogens is 1. The zero-order chi connectivity index (χ0) is 15.6. The highest BCUT2D eigenvalue weighted by atomic mass is 32.2. The summed E-state index contributed by atoms with van der Waals surface area (Å²) in [6.07, 6.45) is -0.0789. The van der Waals surface area contributed by atoms with E-state index in [4.69, 9.17) is 9.84 Å². The number of hydrogen-bond donors (Lipinski definition) is 3. The van der Waals surface area contributed by atoms with E-state index in [1.165, 1.54) is 10.8 Å². The maximum atomic E-state index is 11.9. The Hall–Kier alpha value is -1.09. The predicted octanol–water partition coefficient (Wildman–Crippen LogP) is -0.393. The van der Waals surface area contributed by atoms with Gasteiger partial charge in [-0.15, -0.1) is 0 Å². The van der Waals surface area contributed by atoms with Crippen molar-refractivity contribution >= 4 is 11.8 Å². The van der Waals surface area contributed by atoms with E-state index in [0.717, 1.165) is 5.75 Å². The number of aliphatic hydroxyl groups excluding tert-OH is 2. The van der Waals surface area contributed by atoms with Crippen LogP contribution in [0.25, 0.3) is 0 Å². The molecule has 3 N–H and O–H groups in total. The van der Waals surface area contributed by atoms with E-state index >= 15 is 0 Å². The zero-order valence-corrected chi connectivity index (χ0v) is 12.8. The van der Waals surface area contributed by atoms with Gasteiger partial charge in [0.05, 0.1) is 6.61 Å². The molecular weight excluding hydrogens is 296 g/mol. The molecule has 0 aromatic carbocycles. The number of aliphatic hydroxyl groups is 2. The van der Waals surface area contributed by atoms with Crippen LogP contribution in [0.3, 0.4) is 0 Å². The molecule has 2 heterocycles. The molecule has 7 nitrogen and oxygen atoms in total. The average molecular weight is 316 g/mol. The minimum absolute atomic E-state index is 0.0127. The number of nitrogens with zero attached hydrogens (tertiary/aromatic N) is 1. The standard InChI is InChI=1S/C13H20N2O5S/c1-3-21-9-4-10(20-11(9)8(17)6-16)15-5-7(2)12(18)14-13(15)19/h5,8-11,16-17H,3-4,6H2,1-2H3,(H,14,18,19)/t8?,9?,10?,11-/m1/s1. The van der Waals surface area contributed by atoms with E-state index in [1.807, 2.05) is 6.92 Å². The topological polar surface area (TPSA) is 105 Å². The van der Waals surface area contributed by atoms with Gasteiger partial charge in [0.1, 0.15) is 18.4 Å². The summed E-state index contributed by atoms with van der Waals surface area (Å²) in [4.78, 5) is 25.5. The molecule has 0 radical (unpaired) electrons. The van der Waals surface area contributed by atoms with Gasteiger partial charge in [0.15, 0.2) is 0 Å². The van der Waals surface area contributed by atoms with Crippen molar-refractivity contribution in [2.24, 2.45) is 0 Å². The van der Waals surface area contributed by atoms with Crippen molar-refractivity contribution in [2.75, 3.05) is 12.4 Å². The molecule has 1 saturated heterocycles. The Morgan fingerprint density at radius 1 is 1.57 bits per heavy atom. The lowest BCUT2D eigenvalue weighted by Gasteiger charge is -2.21. The van der Waals surface area contributed by atoms with Crippen LogP contribution >= 0.6 is 11.8 Å². The summed E-state index contributed by atoms with van der Waals surface area (Å²) in [6, 6.07) is 0. The zero-order valence-electron chi connectivity index (χ0n) is 12.0. The van der Waals surface area contributed by atoms with Gasteiger partial charge in [-0.05, 0) is 12.7 Å². The molecule has 8 heteroatoms. The number of thioether (sulfide) groups is 1. The molecule has 1 aliphatic rings. The van der Waals surface area contributed by atoms with Crippen molar-refractivity contribution in [3.63, 3.8) is 0 Å². The minimum Gasteiger partial charge on any atom is -0.394 e. The fourth-order valence-corrected chi connectivity index (χ4v) is 3.62. The Morgan fingerprint density at radius 3 is 2.90 bits per heavy atom. The van der Waals surface area contributed by atoms with E-state index in [-0.39, 0.29) is 5.25 Å². The minimum atomic E-state index is -0.987. The maximum Gasteiger partial charge on any atom is 0.330 e. The summed E-state index contributed by atoms with van der Waals surface area (Å²) in [5, 5.41) is 19.0. The molecule has 0 saturated carbocycles. The summed E-state index contributed by atoms with van der Waals surface area (Å²) in [5.74, 6) is 0.842. The summed E-state index contributed by atoms with van der Waals surface area (Å²) in [7, 11) is 0. The van der Waals surface area contributed by atoms with Crippen LogP contribution in [0.2, 0.25) is 0 Å². The number of aromatic amines is 1. The number of rotatable bonds is 5. The highest BCUT2D eigenvalue weighted by Crippen LogP contribution is 2.36. The van der Waals surface area contributed by atoms with E-state index in [1.54, 1.807) is 18.7 Å². The fourth-order valence-electron chi connectivity index (χ4n) is 2.46. The molecule has 1 fully saturated rings. The average Bonchev–Trinajstić information content (AvgIpc) is 2.86. The van der Waals surface area contributed by atoms with Crippen LogP contribution in [0.4, 0.5) is 0 Å². The Balaban J connectivity index is 2.28. The second-order valence-corrected chi connectivity index (χ2v) is 6.53. The monoisotopic (exact) mass is 316 g/mol. The predicted molar refractivity (Wildman–Crippen MR) is 79.6 cm³/mol. The molecule has 4 atom stereocenters. The van der Waals surface area contributed by atoms with Crippen molar-refractivity contribution in [3.8, 4) is 0 Å². The smallest absolute Gasteiger partial charge is 0.330 e. The third kappa shape index (κ3) is 3.39. The van der Waals surface area contributed by atoms with Crippen molar-refractivity contribution in [1.29, 1.82) is 0 Å². The van der Waals surface area contributed by atoms with Gasteiger partial charge in [0.2, 0.25) is 0 Å². The molecule has 0 bridgehead atoms. The third-order valence-corrected chi connectivity index (χ3v) is 4.74. The number of nitrogens with one attached hydrogen (secondary N) is 1. The maximum absolute atomic E-state index is 11.9. The molecule has 1 aliphatic heterocycles. The first kappa shape index (κ1) is 16.3. The fraction of sp³-hybridized carbons (Fsp3) is 0.692. The number of hydrogen-bond acceptors (Lipinski definition) is 6. The molecule has 0 aliphatic carbocycles. The second kappa shape index (κ2) is 6.78. The van der Waals surface area contributed by atoms with Crippen molar-refractivity contribution in [1.82, 2.24) is 9.55 Å². The molecule has 118 valence electrons. The Labute approximate surface area is 126 Å². The molecule has 3 unspecified atom stereocenters. The molecule has 0 spiro atoms. The van der Waals surface area contributed by atoms with Gasteiger partial charge in [0, 0.05) is 23.4 Å². The van der Waals surface area contributed by atoms with Crippen molar-refractivity contribution in [2.45, 2.75) is 44.0 Å². The van der Waals surface area contributed by atoms with Gasteiger partial charge < -0.3 is 14.9 Å². The first-order valence-electron chi connectivity index (χ1n) is 6.86. The normalized spacial score (nSPS) is 27.0. The highest BCUT2D eigenvalue weighted by Gasteiger charge is 2.40. The van der Waals surface area contributed by atoms with Crippen LogP contribution in [-0.2, 0) is 4.74 Å². The van der Waals surface area contributed by atoms with Crippen molar-refractivity contribution < 1.29 is 14.9 Å². The first-order valence-corrected chi connectivity index (χ1v) is 7.90. The van der Waals surface area contributed by atoms with E-state index in [2.05, 4.69) is 4.98 Å². The summed E-state index contributed by atoms with van der Waals surface area (Å²) < 4.78 is 7.09. The molecule has 0 amide bonds. The Morgan fingerprint density at radius 2 is 2.29 bits per heavy atom. The summed E-state index contributed by atoms with van der Waals surface area (Å²) >= 11 is 1.62. The van der Waals surface area contributed by atoms with Crippen LogP contribution < -0.4 is 11.2 Å². The van der Waals surface area contributed by atoms with E-state index < -0.39 is 36.3 Å². The summed E-state index contributed by atoms with van der Waals surface area (Å²) in [5.41, 5.74) is -0.528. The number of aryl methyl sites for hydroxylation is 1. The molecule has 1 aromatic heterocycles. The van der Waals surface area contributed by atoms with Crippen LogP contribution in [0, 0.1) is 6.92 Å². The quantitative estimate of drug-likeness (QED) is 0.683. The lowest BCUT2D eigenvalue weighted by atomic mass is 10.1. The van der Waals surface area contributed by atoms with Crippen LogP contribution in [0.5, 0.6) is 0 Å². The van der Waals surface area contributed by atoms with Gasteiger partial charge in [-0.1, -0.05) is 6.92 Å². The summed E-state index contributed by atoms with van der Waals surface area (Å²) in [6.45, 7) is 3.22. The Kier molecular flexibility index (Phi) is 5.26. The van der Waals surface area contributed by atoms with Crippen LogP contribution in [-0.4, -0.2) is 49.6 Å². The molecular formula is C13H20N2O5S. The van der Waals surface area contributed by atoms with Crippen LogP contribution in [0.15, 0.2) is 15.8 Å². The molecule has 21 heavy (non-hydrogen) atoms. The van der Waals surface area contributed by atoms with Gasteiger partial charge in [-0.3, -0.25) is 14.3 Å². The molecule has 1 aromatic rings.